The second-order valence-corrected chi connectivity index (χ2v) is 8.25. The molecule has 2 aromatic rings. The first kappa shape index (κ1) is 24.7. The lowest BCUT2D eigenvalue weighted by molar-refractivity contribution is 0.198. The fraction of sp³-hybridized carbons (Fsp3) is 0.545. The third-order valence-electron chi connectivity index (χ3n) is 5.06. The third-order valence-corrected chi connectivity index (χ3v) is 6.09. The topological polar surface area (TPSA) is 67.8 Å². The molecule has 0 spiro atoms. The van der Waals surface area contributed by atoms with E-state index in [1.165, 1.54) is 17.8 Å². The smallest absolute Gasteiger partial charge is 0.191 e. The van der Waals surface area contributed by atoms with Crippen LogP contribution in [-0.4, -0.2) is 37.7 Å². The zero-order chi connectivity index (χ0) is 20.5. The molecule has 1 aromatic heterocycles. The summed E-state index contributed by atoms with van der Waals surface area (Å²) in [7, 11) is 3.49. The summed E-state index contributed by atoms with van der Waals surface area (Å²) in [5, 5.41) is 10.1. The summed E-state index contributed by atoms with van der Waals surface area (Å²) in [6.07, 6.45) is 7.01. The van der Waals surface area contributed by atoms with Crippen LogP contribution in [0.2, 0.25) is 0 Å². The SMILES string of the molecule is CN=C(NCCCc1nc(C)cs1)NCc1cccc(OC)c1OC1CCCC1.I. The zero-order valence-electron chi connectivity index (χ0n) is 18.1. The Balaban J connectivity index is 0.00000320. The van der Waals surface area contributed by atoms with Crippen molar-refractivity contribution in [1.82, 2.24) is 15.6 Å². The standard InChI is InChI=1S/C22H32N4O2S.HI/c1-16-15-29-20(26-16)12-7-13-24-22(23-2)25-14-17-8-6-11-19(27-3)21(17)28-18-9-4-5-10-18;/h6,8,11,15,18H,4-5,7,9-10,12-14H2,1-3H3,(H2,23,24,25);1H. The van der Waals surface area contributed by atoms with E-state index in [1.54, 1.807) is 25.5 Å². The molecular weight excluding hydrogens is 511 g/mol. The summed E-state index contributed by atoms with van der Waals surface area (Å²) in [6, 6.07) is 6.04. The minimum Gasteiger partial charge on any atom is -0.493 e. The van der Waals surface area contributed by atoms with Crippen LogP contribution < -0.4 is 20.1 Å². The van der Waals surface area contributed by atoms with Crippen LogP contribution in [0.3, 0.4) is 0 Å². The van der Waals surface area contributed by atoms with Crippen LogP contribution in [0.25, 0.3) is 0 Å². The second-order valence-electron chi connectivity index (χ2n) is 7.31. The molecule has 1 aromatic carbocycles. The van der Waals surface area contributed by atoms with Gasteiger partial charge in [-0.05, 0) is 45.1 Å². The normalized spacial score (nSPS) is 14.3. The molecule has 0 bridgehead atoms. The van der Waals surface area contributed by atoms with Crippen molar-refractivity contribution in [2.24, 2.45) is 4.99 Å². The minimum atomic E-state index is 0. The van der Waals surface area contributed by atoms with E-state index < -0.39 is 0 Å². The van der Waals surface area contributed by atoms with Gasteiger partial charge in [0.25, 0.3) is 0 Å². The largest absolute Gasteiger partial charge is 0.493 e. The van der Waals surface area contributed by atoms with Gasteiger partial charge < -0.3 is 20.1 Å². The Morgan fingerprint density at radius 3 is 2.73 bits per heavy atom. The Kier molecular flexibility index (Phi) is 10.7. The molecule has 1 fully saturated rings. The monoisotopic (exact) mass is 544 g/mol. The highest BCUT2D eigenvalue weighted by Crippen LogP contribution is 2.34. The van der Waals surface area contributed by atoms with E-state index >= 15 is 0 Å². The van der Waals surface area contributed by atoms with Crippen molar-refractivity contribution in [2.75, 3.05) is 20.7 Å². The number of ether oxygens (including phenoxy) is 2. The molecule has 0 amide bonds. The molecule has 8 heteroatoms. The molecule has 1 heterocycles. The Bertz CT molecular complexity index is 806. The van der Waals surface area contributed by atoms with Gasteiger partial charge in [0.2, 0.25) is 0 Å². The van der Waals surface area contributed by atoms with Crippen LogP contribution in [0, 0.1) is 6.92 Å². The molecule has 2 N–H and O–H groups in total. The van der Waals surface area contributed by atoms with Crippen molar-refractivity contribution in [2.45, 2.75) is 58.1 Å². The lowest BCUT2D eigenvalue weighted by Crippen LogP contribution is -2.37. The summed E-state index contributed by atoms with van der Waals surface area (Å²) < 4.78 is 11.9. The van der Waals surface area contributed by atoms with Gasteiger partial charge in [0.1, 0.15) is 0 Å². The molecule has 0 saturated heterocycles. The van der Waals surface area contributed by atoms with Gasteiger partial charge in [0.05, 0.1) is 18.2 Å². The first-order chi connectivity index (χ1) is 14.2. The molecule has 166 valence electrons. The Morgan fingerprint density at radius 1 is 1.27 bits per heavy atom. The number of thiazole rings is 1. The van der Waals surface area contributed by atoms with Gasteiger partial charge in [-0.3, -0.25) is 4.99 Å². The number of aryl methyl sites for hydroxylation is 2. The summed E-state index contributed by atoms with van der Waals surface area (Å²) >= 11 is 1.73. The summed E-state index contributed by atoms with van der Waals surface area (Å²) in [5.74, 6) is 2.43. The van der Waals surface area contributed by atoms with Crippen LogP contribution in [-0.2, 0) is 13.0 Å². The molecule has 1 saturated carbocycles. The van der Waals surface area contributed by atoms with Crippen molar-refractivity contribution in [3.8, 4) is 11.5 Å². The Hall–Kier alpha value is -1.55. The van der Waals surface area contributed by atoms with Gasteiger partial charge in [-0.1, -0.05) is 12.1 Å². The number of rotatable bonds is 9. The summed E-state index contributed by atoms with van der Waals surface area (Å²) in [4.78, 5) is 8.85. The second kappa shape index (κ2) is 13.0. The number of benzene rings is 1. The molecular formula is C22H33IN4O2S. The molecule has 1 aliphatic rings. The Morgan fingerprint density at radius 2 is 2.07 bits per heavy atom. The van der Waals surface area contributed by atoms with Crippen molar-refractivity contribution in [3.05, 3.63) is 39.8 Å². The predicted molar refractivity (Wildman–Crippen MR) is 135 cm³/mol. The number of nitrogens with one attached hydrogen (secondary N) is 2. The van der Waals surface area contributed by atoms with E-state index in [4.69, 9.17) is 9.47 Å². The lowest BCUT2D eigenvalue weighted by atomic mass is 10.1. The zero-order valence-corrected chi connectivity index (χ0v) is 21.2. The number of hydrogen-bond donors (Lipinski definition) is 2. The summed E-state index contributed by atoms with van der Waals surface area (Å²) in [6.45, 7) is 3.51. The maximum Gasteiger partial charge on any atom is 0.191 e. The van der Waals surface area contributed by atoms with E-state index in [0.29, 0.717) is 6.54 Å². The van der Waals surface area contributed by atoms with Gasteiger partial charge in [-0.25, -0.2) is 4.98 Å². The van der Waals surface area contributed by atoms with Gasteiger partial charge in [0, 0.05) is 43.2 Å². The molecule has 0 radical (unpaired) electrons. The number of aromatic nitrogens is 1. The molecule has 0 atom stereocenters. The molecule has 0 aliphatic heterocycles. The van der Waals surface area contributed by atoms with E-state index in [0.717, 1.165) is 60.9 Å². The van der Waals surface area contributed by atoms with Crippen LogP contribution >= 0.6 is 35.3 Å². The average Bonchev–Trinajstić information content (AvgIpc) is 3.40. The van der Waals surface area contributed by atoms with Crippen LogP contribution in [0.4, 0.5) is 0 Å². The van der Waals surface area contributed by atoms with E-state index in [9.17, 15) is 0 Å². The molecule has 6 nitrogen and oxygen atoms in total. The molecule has 3 rings (SSSR count). The lowest BCUT2D eigenvalue weighted by Gasteiger charge is -2.20. The highest BCUT2D eigenvalue weighted by molar-refractivity contribution is 14.0. The highest BCUT2D eigenvalue weighted by Gasteiger charge is 2.20. The van der Waals surface area contributed by atoms with Gasteiger partial charge in [0.15, 0.2) is 17.5 Å². The fourth-order valence-electron chi connectivity index (χ4n) is 3.53. The van der Waals surface area contributed by atoms with Crippen molar-refractivity contribution in [3.63, 3.8) is 0 Å². The first-order valence-corrected chi connectivity index (χ1v) is 11.3. The minimum absolute atomic E-state index is 0. The van der Waals surface area contributed by atoms with Crippen LogP contribution in [0.15, 0.2) is 28.6 Å². The molecule has 30 heavy (non-hydrogen) atoms. The number of nitrogens with zero attached hydrogens (tertiary/aromatic N) is 2. The van der Waals surface area contributed by atoms with Gasteiger partial charge >= 0.3 is 0 Å². The fourth-order valence-corrected chi connectivity index (χ4v) is 4.35. The van der Waals surface area contributed by atoms with Crippen molar-refractivity contribution < 1.29 is 9.47 Å². The van der Waals surface area contributed by atoms with Crippen LogP contribution in [0.1, 0.15) is 48.4 Å². The number of methoxy groups -OCH3 is 1. The van der Waals surface area contributed by atoms with E-state index in [-0.39, 0.29) is 30.1 Å². The summed E-state index contributed by atoms with van der Waals surface area (Å²) in [5.41, 5.74) is 2.18. The third kappa shape index (κ3) is 7.30. The maximum atomic E-state index is 6.31. The van der Waals surface area contributed by atoms with E-state index in [1.807, 2.05) is 19.1 Å². The van der Waals surface area contributed by atoms with Gasteiger partial charge in [-0.15, -0.1) is 35.3 Å². The predicted octanol–water partition coefficient (Wildman–Crippen LogP) is 4.70. The van der Waals surface area contributed by atoms with Crippen LogP contribution in [0.5, 0.6) is 11.5 Å². The average molecular weight is 545 g/mol. The first-order valence-electron chi connectivity index (χ1n) is 10.4. The molecule has 1 aliphatic carbocycles. The number of halogens is 1. The van der Waals surface area contributed by atoms with E-state index in [2.05, 4.69) is 32.1 Å². The Labute approximate surface area is 200 Å². The van der Waals surface area contributed by atoms with Crippen molar-refractivity contribution >= 4 is 41.3 Å². The molecule has 0 unspecified atom stereocenters. The number of para-hydroxylation sites is 1. The number of aliphatic imine (C=N–C) groups is 1. The van der Waals surface area contributed by atoms with Gasteiger partial charge in [-0.2, -0.15) is 0 Å². The quantitative estimate of drug-likeness (QED) is 0.208. The highest BCUT2D eigenvalue weighted by atomic mass is 127. The number of guanidine groups is 1. The number of hydrogen-bond acceptors (Lipinski definition) is 5. The van der Waals surface area contributed by atoms with Crippen molar-refractivity contribution in [1.29, 1.82) is 0 Å². The maximum absolute atomic E-state index is 6.31.